The Kier molecular flexibility index (Phi) is 2.52. The van der Waals surface area contributed by atoms with Crippen molar-refractivity contribution in [1.82, 2.24) is 9.97 Å². The van der Waals surface area contributed by atoms with E-state index in [0.29, 0.717) is 17.7 Å². The Labute approximate surface area is 105 Å². The highest BCUT2D eigenvalue weighted by molar-refractivity contribution is 6.19. The number of ketones is 1. The number of aromatic nitrogens is 2. The van der Waals surface area contributed by atoms with E-state index in [0.717, 1.165) is 16.7 Å². The molecule has 0 saturated heterocycles. The second-order valence-electron chi connectivity index (χ2n) is 4.28. The van der Waals surface area contributed by atoms with Crippen LogP contribution in [0.25, 0.3) is 16.6 Å². The summed E-state index contributed by atoms with van der Waals surface area (Å²) in [5.74, 6) is 0.0207. The van der Waals surface area contributed by atoms with Gasteiger partial charge in [0.05, 0.1) is 22.4 Å². The lowest BCUT2D eigenvalue weighted by Gasteiger charge is -2.08. The lowest BCUT2D eigenvalue weighted by atomic mass is 10.1. The average molecular weight is 236 g/mol. The summed E-state index contributed by atoms with van der Waals surface area (Å²) in [5.41, 5.74) is 3.91. The predicted octanol–water partition coefficient (Wildman–Crippen LogP) is 2.71. The smallest absolute Gasteiger partial charge is 0.162 e. The number of fused-ring (bicyclic) bond motifs is 2. The molecule has 2 aromatic rings. The molecule has 88 valence electrons. The van der Waals surface area contributed by atoms with E-state index in [2.05, 4.69) is 9.97 Å². The van der Waals surface area contributed by atoms with Crippen molar-refractivity contribution < 1.29 is 4.79 Å². The van der Waals surface area contributed by atoms with Crippen molar-refractivity contribution in [1.29, 1.82) is 0 Å². The van der Waals surface area contributed by atoms with Gasteiger partial charge in [-0.2, -0.15) is 0 Å². The Morgan fingerprint density at radius 1 is 1.17 bits per heavy atom. The van der Waals surface area contributed by atoms with Gasteiger partial charge in [-0.3, -0.25) is 4.79 Å². The number of Topliss-reactive ketones (excluding diaryl/α,β-unsaturated/α-hetero) is 1. The van der Waals surface area contributed by atoms with Crippen LogP contribution in [-0.4, -0.2) is 15.8 Å². The molecule has 3 rings (SSSR count). The highest BCUT2D eigenvalue weighted by Gasteiger charge is 2.16. The van der Waals surface area contributed by atoms with E-state index in [1.165, 1.54) is 0 Å². The molecule has 1 aromatic heterocycles. The maximum absolute atomic E-state index is 11.7. The second kappa shape index (κ2) is 4.18. The third-order valence-electron chi connectivity index (χ3n) is 2.99. The molecule has 3 heteroatoms. The number of benzene rings is 1. The molecule has 1 aliphatic rings. The minimum Gasteiger partial charge on any atom is -0.294 e. The number of rotatable bonds is 1. The van der Waals surface area contributed by atoms with E-state index < -0.39 is 0 Å². The summed E-state index contributed by atoms with van der Waals surface area (Å²) in [7, 11) is 0. The highest BCUT2D eigenvalue weighted by atomic mass is 16.1. The van der Waals surface area contributed by atoms with Gasteiger partial charge in [-0.25, -0.2) is 9.97 Å². The summed E-state index contributed by atoms with van der Waals surface area (Å²) in [6.07, 6.45) is 6.42. The van der Waals surface area contributed by atoms with E-state index in [9.17, 15) is 4.79 Å². The minimum absolute atomic E-state index is 0.0207. The fourth-order valence-electron chi connectivity index (χ4n) is 2.10. The lowest BCUT2D eigenvalue weighted by Crippen LogP contribution is -2.05. The van der Waals surface area contributed by atoms with E-state index in [-0.39, 0.29) is 5.78 Å². The largest absolute Gasteiger partial charge is 0.294 e. The molecule has 0 atom stereocenters. The molecule has 0 fully saturated rings. The molecule has 0 bridgehead atoms. The summed E-state index contributed by atoms with van der Waals surface area (Å²) in [6.45, 7) is 1.56. The number of hydrogen-bond donors (Lipinski definition) is 0. The summed E-state index contributed by atoms with van der Waals surface area (Å²) >= 11 is 0. The molecule has 3 nitrogen and oxygen atoms in total. The predicted molar refractivity (Wildman–Crippen MR) is 71.0 cm³/mol. The Bertz CT molecular complexity index is 699. The van der Waals surface area contributed by atoms with Crippen LogP contribution in [0.1, 0.15) is 18.3 Å². The number of para-hydroxylation sites is 2. The van der Waals surface area contributed by atoms with Crippen molar-refractivity contribution in [3.8, 4) is 0 Å². The van der Waals surface area contributed by atoms with Crippen LogP contribution >= 0.6 is 0 Å². The molecular formula is C15H12N2O. The SMILES string of the molecule is CC(=O)C1=CC=CCc2nc3ccccc3nc21. The maximum atomic E-state index is 11.7. The Morgan fingerprint density at radius 3 is 2.61 bits per heavy atom. The molecular weight excluding hydrogens is 224 g/mol. The Hall–Kier alpha value is -2.29. The normalized spacial score (nSPS) is 13.9. The quantitative estimate of drug-likeness (QED) is 0.764. The first kappa shape index (κ1) is 10.8. The molecule has 1 aromatic carbocycles. The first-order valence-corrected chi connectivity index (χ1v) is 5.89. The van der Waals surface area contributed by atoms with Crippen LogP contribution in [0.5, 0.6) is 0 Å². The molecule has 18 heavy (non-hydrogen) atoms. The van der Waals surface area contributed by atoms with Gasteiger partial charge in [0.15, 0.2) is 5.78 Å². The van der Waals surface area contributed by atoms with Crippen LogP contribution in [0.15, 0.2) is 42.5 Å². The molecule has 1 heterocycles. The number of nitrogens with zero attached hydrogens (tertiary/aromatic N) is 2. The fourth-order valence-corrected chi connectivity index (χ4v) is 2.10. The maximum Gasteiger partial charge on any atom is 0.162 e. The number of allylic oxidation sites excluding steroid dienone is 4. The van der Waals surface area contributed by atoms with Gasteiger partial charge in [0.1, 0.15) is 0 Å². The zero-order valence-electron chi connectivity index (χ0n) is 10.1. The fraction of sp³-hybridized carbons (Fsp3) is 0.133. The van der Waals surface area contributed by atoms with Crippen molar-refractivity contribution >= 4 is 22.4 Å². The Balaban J connectivity index is 2.31. The van der Waals surface area contributed by atoms with Gasteiger partial charge in [-0.05, 0) is 25.1 Å². The third-order valence-corrected chi connectivity index (χ3v) is 2.99. The van der Waals surface area contributed by atoms with Gasteiger partial charge in [-0.1, -0.05) is 24.3 Å². The van der Waals surface area contributed by atoms with Crippen molar-refractivity contribution in [3.05, 3.63) is 53.9 Å². The second-order valence-corrected chi connectivity index (χ2v) is 4.28. The first-order valence-electron chi connectivity index (χ1n) is 5.89. The van der Waals surface area contributed by atoms with Crippen LogP contribution in [0.3, 0.4) is 0 Å². The zero-order valence-corrected chi connectivity index (χ0v) is 10.1. The molecule has 0 amide bonds. The van der Waals surface area contributed by atoms with E-state index in [1.54, 1.807) is 6.92 Å². The van der Waals surface area contributed by atoms with Crippen molar-refractivity contribution in [2.45, 2.75) is 13.3 Å². The molecule has 0 radical (unpaired) electrons. The van der Waals surface area contributed by atoms with Crippen LogP contribution in [0.2, 0.25) is 0 Å². The van der Waals surface area contributed by atoms with Crippen molar-refractivity contribution in [2.24, 2.45) is 0 Å². The van der Waals surface area contributed by atoms with Crippen molar-refractivity contribution in [2.75, 3.05) is 0 Å². The van der Waals surface area contributed by atoms with Gasteiger partial charge in [0.25, 0.3) is 0 Å². The van der Waals surface area contributed by atoms with Crippen LogP contribution < -0.4 is 0 Å². The van der Waals surface area contributed by atoms with Gasteiger partial charge < -0.3 is 0 Å². The molecule has 0 spiro atoms. The third kappa shape index (κ3) is 1.74. The van der Waals surface area contributed by atoms with Gasteiger partial charge in [0.2, 0.25) is 0 Å². The summed E-state index contributed by atoms with van der Waals surface area (Å²) < 4.78 is 0. The highest BCUT2D eigenvalue weighted by Crippen LogP contribution is 2.23. The average Bonchev–Trinajstić information content (AvgIpc) is 2.58. The summed E-state index contributed by atoms with van der Waals surface area (Å²) in [6, 6.07) is 7.72. The number of carbonyl (C=O) groups excluding carboxylic acids is 1. The van der Waals surface area contributed by atoms with Gasteiger partial charge in [0, 0.05) is 12.0 Å². The molecule has 0 unspecified atom stereocenters. The van der Waals surface area contributed by atoms with E-state index in [4.69, 9.17) is 0 Å². The lowest BCUT2D eigenvalue weighted by molar-refractivity contribution is -0.111. The van der Waals surface area contributed by atoms with Gasteiger partial charge >= 0.3 is 0 Å². The molecule has 0 saturated carbocycles. The topological polar surface area (TPSA) is 42.9 Å². The zero-order chi connectivity index (χ0) is 12.5. The number of carbonyl (C=O) groups is 1. The van der Waals surface area contributed by atoms with Crippen LogP contribution in [0.4, 0.5) is 0 Å². The monoisotopic (exact) mass is 236 g/mol. The molecule has 1 aliphatic carbocycles. The van der Waals surface area contributed by atoms with E-state index in [1.807, 2.05) is 42.5 Å². The summed E-state index contributed by atoms with van der Waals surface area (Å²) in [5, 5.41) is 0. The van der Waals surface area contributed by atoms with Crippen LogP contribution in [-0.2, 0) is 11.2 Å². The standard InChI is InChI=1S/C15H12N2O/c1-10(18)11-6-2-3-9-14-15(11)17-13-8-5-4-7-12(13)16-14/h2-8H,9H2,1H3. The molecule has 0 aliphatic heterocycles. The Morgan fingerprint density at radius 2 is 1.89 bits per heavy atom. The molecule has 0 N–H and O–H groups in total. The minimum atomic E-state index is 0.0207. The van der Waals surface area contributed by atoms with E-state index >= 15 is 0 Å². The van der Waals surface area contributed by atoms with Crippen LogP contribution in [0, 0.1) is 0 Å². The summed E-state index contributed by atoms with van der Waals surface area (Å²) in [4.78, 5) is 20.9. The van der Waals surface area contributed by atoms with Gasteiger partial charge in [-0.15, -0.1) is 0 Å². The number of hydrogen-bond acceptors (Lipinski definition) is 3. The van der Waals surface area contributed by atoms with Crippen molar-refractivity contribution in [3.63, 3.8) is 0 Å². The first-order chi connectivity index (χ1) is 8.75.